The molecule has 0 radical (unpaired) electrons. The second-order valence-electron chi connectivity index (χ2n) is 25.6. The van der Waals surface area contributed by atoms with Crippen molar-refractivity contribution in [2.75, 3.05) is 14.7 Å². The third-order valence-corrected chi connectivity index (χ3v) is 24.0. The van der Waals surface area contributed by atoms with E-state index in [-0.39, 0.29) is 20.1 Å². The number of para-hydroxylation sites is 11. The fraction of sp³-hybridized carbons (Fsp3) is 0. The zero-order valence-corrected chi connectivity index (χ0v) is 56.5. The Hall–Kier alpha value is -11.6. The Balaban J connectivity index is 0.000000104. The Labute approximate surface area is 586 Å². The molecule has 462 valence electrons. The van der Waals surface area contributed by atoms with Crippen LogP contribution < -0.4 is 63.9 Å². The van der Waals surface area contributed by atoms with Crippen molar-refractivity contribution in [3.8, 4) is 0 Å². The number of rotatable bonds is 6. The minimum atomic E-state index is 0.0848. The first-order valence-corrected chi connectivity index (χ1v) is 36.5. The third kappa shape index (κ3) is 9.90. The molecule has 0 saturated heterocycles. The van der Waals surface area contributed by atoms with Gasteiger partial charge in [-0.05, 0) is 93.4 Å². The Bertz CT molecular complexity index is 5360. The molecule has 0 N–H and O–H groups in total. The van der Waals surface area contributed by atoms with Crippen LogP contribution in [0.15, 0.2) is 368 Å². The molecule has 3 aliphatic rings. The van der Waals surface area contributed by atoms with E-state index in [1.807, 2.05) is 17.4 Å². The summed E-state index contributed by atoms with van der Waals surface area (Å²) in [5.41, 5.74) is 25.0. The molecule has 0 aliphatic carbocycles. The van der Waals surface area contributed by atoms with E-state index >= 15 is 0 Å². The van der Waals surface area contributed by atoms with Crippen molar-refractivity contribution < 1.29 is 4.42 Å². The molecule has 3 aliphatic heterocycles. The van der Waals surface area contributed by atoms with Gasteiger partial charge in [-0.3, -0.25) is 0 Å². The van der Waals surface area contributed by atoms with Crippen molar-refractivity contribution in [3.05, 3.63) is 364 Å². The zero-order chi connectivity index (χ0) is 65.3. The molecule has 21 rings (SSSR count). The molecule has 3 aromatic heterocycles. The molecule has 0 atom stereocenters. The van der Waals surface area contributed by atoms with Crippen LogP contribution in [0.5, 0.6) is 0 Å². The maximum atomic E-state index is 6.46. The van der Waals surface area contributed by atoms with E-state index in [1.54, 1.807) is 0 Å². The van der Waals surface area contributed by atoms with Crippen molar-refractivity contribution in [1.82, 2.24) is 0 Å². The molecule has 18 aromatic rings. The Morgan fingerprint density at radius 1 is 0.242 bits per heavy atom. The number of thiophene rings is 1. The Kier molecular flexibility index (Phi) is 14.7. The van der Waals surface area contributed by atoms with Crippen molar-refractivity contribution in [1.29, 1.82) is 0 Å². The van der Waals surface area contributed by atoms with Gasteiger partial charge in [-0.15, -0.1) is 11.3 Å². The topological polar surface area (TPSA) is 22.9 Å². The predicted molar refractivity (Wildman–Crippen MR) is 429 cm³/mol. The van der Waals surface area contributed by atoms with Gasteiger partial charge in [-0.25, -0.2) is 0 Å². The SMILES string of the molecule is c1ccc(N2c3ccccc3B(c3cccc4c3[se]c3ccccc34)c3ccccc32)cc1.c1ccc(N2c3ccccc3B(c3cccc4c3oc3ccccc34)c3ccccc32)cc1.c1ccc(N2c3ccccc3B(c3cccc4c3sc3ccccc34)c3ccccc32)cc1. The Morgan fingerprint density at radius 3 is 1.07 bits per heavy atom. The number of hydrogen-bond donors (Lipinski definition) is 0. The van der Waals surface area contributed by atoms with Crippen LogP contribution in [-0.4, -0.2) is 34.6 Å². The van der Waals surface area contributed by atoms with Gasteiger partial charge in [0.25, 0.3) is 6.71 Å². The van der Waals surface area contributed by atoms with Gasteiger partial charge < -0.3 is 14.2 Å². The number of hydrogen-bond acceptors (Lipinski definition) is 5. The molecule has 6 heterocycles. The van der Waals surface area contributed by atoms with E-state index in [1.165, 1.54) is 140 Å². The van der Waals surface area contributed by atoms with E-state index in [0.717, 1.165) is 22.2 Å². The molecule has 9 heteroatoms. The van der Waals surface area contributed by atoms with Crippen LogP contribution in [0.4, 0.5) is 51.2 Å². The first-order chi connectivity index (χ1) is 49.2. The summed E-state index contributed by atoms with van der Waals surface area (Å²) in [6.45, 7) is 0.499. The summed E-state index contributed by atoms with van der Waals surface area (Å²) < 4.78 is 12.2. The van der Waals surface area contributed by atoms with Gasteiger partial charge in [-0.2, -0.15) is 0 Å². The molecule has 0 spiro atoms. The first-order valence-electron chi connectivity index (χ1n) is 34.0. The average molecular weight is 1340 g/mol. The second kappa shape index (κ2) is 24.8. The molecule has 0 amide bonds. The van der Waals surface area contributed by atoms with Crippen LogP contribution in [-0.2, 0) is 0 Å². The fourth-order valence-electron chi connectivity index (χ4n) is 16.1. The predicted octanol–water partition coefficient (Wildman–Crippen LogP) is 17.6. The van der Waals surface area contributed by atoms with Crippen molar-refractivity contribution >= 4 is 208 Å². The molecule has 0 bridgehead atoms. The van der Waals surface area contributed by atoms with Crippen molar-refractivity contribution in [2.24, 2.45) is 0 Å². The molecule has 15 aromatic carbocycles. The van der Waals surface area contributed by atoms with Crippen molar-refractivity contribution in [3.63, 3.8) is 0 Å². The van der Waals surface area contributed by atoms with Gasteiger partial charge in [0.1, 0.15) is 11.2 Å². The fourth-order valence-corrected chi connectivity index (χ4v) is 19.9. The molecular formula is C90H60B3N3OSSe. The van der Waals surface area contributed by atoms with Gasteiger partial charge in [0, 0.05) is 59.7 Å². The third-order valence-electron chi connectivity index (χ3n) is 20.2. The zero-order valence-electron chi connectivity index (χ0n) is 53.9. The van der Waals surface area contributed by atoms with Crippen LogP contribution in [0.1, 0.15) is 0 Å². The summed E-state index contributed by atoms with van der Waals surface area (Å²) in [5, 5.41) is 7.87. The molecule has 99 heavy (non-hydrogen) atoms. The molecule has 0 saturated carbocycles. The van der Waals surface area contributed by atoms with E-state index in [0.29, 0.717) is 14.5 Å². The summed E-state index contributed by atoms with van der Waals surface area (Å²) in [4.78, 5) is 7.20. The van der Waals surface area contributed by atoms with Gasteiger partial charge >= 0.3 is 200 Å². The molecule has 0 unspecified atom stereocenters. The van der Waals surface area contributed by atoms with Crippen molar-refractivity contribution in [2.45, 2.75) is 0 Å². The number of nitrogens with zero attached hydrogens (tertiary/aromatic N) is 3. The van der Waals surface area contributed by atoms with Gasteiger partial charge in [-0.1, -0.05) is 187 Å². The number of furan rings is 1. The van der Waals surface area contributed by atoms with Crippen LogP contribution in [0.25, 0.3) is 61.4 Å². The largest absolute Gasteiger partial charge is 0.457 e. The minimum Gasteiger partial charge on any atom is -0.457 e. The summed E-state index contributed by atoms with van der Waals surface area (Å²) in [5.74, 6) is 0. The summed E-state index contributed by atoms with van der Waals surface area (Å²) in [6, 6.07) is 132. The monoisotopic (exact) mass is 1340 g/mol. The van der Waals surface area contributed by atoms with Crippen LogP contribution in [0.2, 0.25) is 0 Å². The molecule has 0 fully saturated rings. The number of anilines is 9. The van der Waals surface area contributed by atoms with Crippen LogP contribution in [0, 0.1) is 0 Å². The van der Waals surface area contributed by atoms with Gasteiger partial charge in [0.15, 0.2) is 0 Å². The first kappa shape index (κ1) is 58.8. The number of fused-ring (bicyclic) bond motifs is 15. The van der Waals surface area contributed by atoms with Gasteiger partial charge in [0.05, 0.1) is 0 Å². The summed E-state index contributed by atoms with van der Waals surface area (Å²) in [7, 11) is 0. The van der Waals surface area contributed by atoms with E-state index in [4.69, 9.17) is 4.42 Å². The average Bonchev–Trinajstić information content (AvgIpc) is 1.72. The van der Waals surface area contributed by atoms with Gasteiger partial charge in [0.2, 0.25) is 6.71 Å². The maximum absolute atomic E-state index is 6.46. The van der Waals surface area contributed by atoms with Crippen LogP contribution in [0.3, 0.4) is 0 Å². The summed E-state index contributed by atoms with van der Waals surface area (Å²) in [6.07, 6.45) is 0. The van der Waals surface area contributed by atoms with Crippen LogP contribution >= 0.6 is 11.3 Å². The van der Waals surface area contributed by atoms with E-state index in [2.05, 4.69) is 373 Å². The van der Waals surface area contributed by atoms with E-state index in [9.17, 15) is 0 Å². The molecular weight excluding hydrogens is 1280 g/mol. The maximum Gasteiger partial charge on any atom is 0.251 e. The summed E-state index contributed by atoms with van der Waals surface area (Å²) >= 11 is 2.24. The smallest absolute Gasteiger partial charge is 0.251 e. The standard InChI is InChI=1S/C30H20BNO.C30H20BNS.C30H20BNSe/c3*1-2-11-21(12-3-1)32-27-18-7-5-15-24(27)31(25-16-6-8-19-28(25)32)26-17-10-14-23-22-13-4-9-20-29(22)33-30(23)26/h3*1-20H. The minimum absolute atomic E-state index is 0.0848. The second-order valence-corrected chi connectivity index (χ2v) is 28.9. The quantitative estimate of drug-likeness (QED) is 0.155. The number of benzene rings is 15. The molecule has 4 nitrogen and oxygen atoms in total. The van der Waals surface area contributed by atoms with E-state index < -0.39 is 0 Å². The Morgan fingerprint density at radius 2 is 0.576 bits per heavy atom. The normalized spacial score (nSPS) is 12.7.